The summed E-state index contributed by atoms with van der Waals surface area (Å²) in [6, 6.07) is -1.52. The molecule has 3 amide bonds. The lowest BCUT2D eigenvalue weighted by molar-refractivity contribution is -0.156. The van der Waals surface area contributed by atoms with Gasteiger partial charge in [-0.2, -0.15) is 0 Å². The Kier molecular flexibility index (Phi) is 10.1. The molecule has 0 saturated carbocycles. The van der Waals surface area contributed by atoms with E-state index in [9.17, 15) is 19.5 Å². The number of aliphatic hydroxyl groups is 1. The zero-order valence-corrected chi connectivity index (χ0v) is 27.1. The molecule has 9 heteroatoms. The van der Waals surface area contributed by atoms with Crippen LogP contribution in [0.15, 0.2) is 25.3 Å². The summed E-state index contributed by atoms with van der Waals surface area (Å²) < 4.78 is 6.71. The molecule has 1 spiro atoms. The fraction of sp³-hybridized carbons (Fsp3) is 0.774. The highest BCUT2D eigenvalue weighted by Crippen LogP contribution is 2.61. The second kappa shape index (κ2) is 12.3. The summed E-state index contributed by atoms with van der Waals surface area (Å²) in [7, 11) is 0. The average molecular weight is 625 g/mol. The maximum absolute atomic E-state index is 14.8. The van der Waals surface area contributed by atoms with Crippen molar-refractivity contribution >= 4 is 33.7 Å². The number of rotatable bonds is 13. The van der Waals surface area contributed by atoms with E-state index in [4.69, 9.17) is 4.74 Å². The van der Waals surface area contributed by atoms with Gasteiger partial charge in [-0.3, -0.25) is 14.4 Å². The van der Waals surface area contributed by atoms with Gasteiger partial charge in [-0.05, 0) is 44.9 Å². The molecule has 3 saturated heterocycles. The number of nitrogens with zero attached hydrogens (tertiary/aromatic N) is 3. The number of halogens is 1. The van der Waals surface area contributed by atoms with Crippen LogP contribution < -0.4 is 0 Å². The standard InChI is InChI=1S/C31H50BrN3O5/c1-10-14-33(15-11-2)26(37)22-23-27(38)35(20(13-4)18-36)25(31(23)17-21(32)24(22)40-31)28(39)34(16-12-3)30(8,9)19-29(5,6)7/h10,12,20-25,36H,1,3,11,13-19H2,2,4-9H3/t20-,21?,22-,23-,24-,25?,31?/m0/s1. The van der Waals surface area contributed by atoms with Crippen LogP contribution in [0.4, 0.5) is 0 Å². The van der Waals surface area contributed by atoms with E-state index in [1.165, 1.54) is 0 Å². The smallest absolute Gasteiger partial charge is 0.249 e. The Morgan fingerprint density at radius 3 is 2.30 bits per heavy atom. The van der Waals surface area contributed by atoms with Crippen LogP contribution in [-0.4, -0.2) is 97.9 Å². The van der Waals surface area contributed by atoms with Crippen LogP contribution in [0.25, 0.3) is 0 Å². The Hall–Kier alpha value is -1.71. The monoisotopic (exact) mass is 623 g/mol. The van der Waals surface area contributed by atoms with Gasteiger partial charge in [0.05, 0.1) is 30.6 Å². The van der Waals surface area contributed by atoms with Crippen molar-refractivity contribution in [1.29, 1.82) is 0 Å². The molecule has 0 aromatic rings. The number of hydrogen-bond donors (Lipinski definition) is 1. The van der Waals surface area contributed by atoms with Crippen molar-refractivity contribution in [2.24, 2.45) is 17.3 Å². The van der Waals surface area contributed by atoms with Crippen LogP contribution in [0.1, 0.15) is 74.1 Å². The molecule has 3 heterocycles. The molecule has 1 N–H and O–H groups in total. The fourth-order valence-corrected chi connectivity index (χ4v) is 8.61. The van der Waals surface area contributed by atoms with E-state index >= 15 is 0 Å². The molecule has 40 heavy (non-hydrogen) atoms. The number of carbonyl (C=O) groups is 3. The molecular weight excluding hydrogens is 574 g/mol. The van der Waals surface area contributed by atoms with E-state index in [-0.39, 0.29) is 34.6 Å². The lowest BCUT2D eigenvalue weighted by Crippen LogP contribution is -2.62. The van der Waals surface area contributed by atoms with Gasteiger partial charge in [0.25, 0.3) is 0 Å². The number of aliphatic hydroxyl groups excluding tert-OH is 1. The second-order valence-electron chi connectivity index (χ2n) is 13.5. The third-order valence-corrected chi connectivity index (χ3v) is 9.59. The van der Waals surface area contributed by atoms with E-state index < -0.39 is 41.2 Å². The third kappa shape index (κ3) is 5.67. The van der Waals surface area contributed by atoms with Crippen molar-refractivity contribution in [3.8, 4) is 0 Å². The Morgan fingerprint density at radius 2 is 1.80 bits per heavy atom. The predicted octanol–water partition coefficient (Wildman–Crippen LogP) is 4.16. The summed E-state index contributed by atoms with van der Waals surface area (Å²) in [6.45, 7) is 23.1. The second-order valence-corrected chi connectivity index (χ2v) is 14.7. The van der Waals surface area contributed by atoms with Crippen molar-refractivity contribution in [2.75, 3.05) is 26.2 Å². The van der Waals surface area contributed by atoms with Crippen molar-refractivity contribution in [2.45, 2.75) is 108 Å². The molecule has 3 aliphatic rings. The molecule has 3 aliphatic heterocycles. The SMILES string of the molecule is C=CCN(CCC)C(=O)[C@H]1[C@H]2C(=O)N([C@@H](CC)CO)C(C(=O)N(CC=C)C(C)(C)CC(C)(C)C)C23CC(Br)[C@@H]1O3. The minimum atomic E-state index is -1.17. The molecule has 2 bridgehead atoms. The summed E-state index contributed by atoms with van der Waals surface area (Å²) in [5, 5.41) is 10.4. The molecule has 0 radical (unpaired) electrons. The molecule has 0 aromatic heterocycles. The Balaban J connectivity index is 2.16. The van der Waals surface area contributed by atoms with Gasteiger partial charge in [-0.1, -0.05) is 62.7 Å². The van der Waals surface area contributed by atoms with Gasteiger partial charge in [-0.25, -0.2) is 0 Å². The highest BCUT2D eigenvalue weighted by atomic mass is 79.9. The lowest BCUT2D eigenvalue weighted by Gasteiger charge is -2.46. The quantitative estimate of drug-likeness (QED) is 0.246. The van der Waals surface area contributed by atoms with Crippen LogP contribution in [-0.2, 0) is 19.1 Å². The zero-order chi connectivity index (χ0) is 30.2. The van der Waals surface area contributed by atoms with Gasteiger partial charge in [0, 0.05) is 30.0 Å². The number of carbonyl (C=O) groups excluding carboxylic acids is 3. The first-order valence-electron chi connectivity index (χ1n) is 14.7. The Labute approximate surface area is 249 Å². The van der Waals surface area contributed by atoms with E-state index in [1.54, 1.807) is 22.0 Å². The predicted molar refractivity (Wildman–Crippen MR) is 161 cm³/mol. The molecule has 3 rings (SSSR count). The van der Waals surface area contributed by atoms with Crippen molar-refractivity contribution in [3.63, 3.8) is 0 Å². The third-order valence-electron chi connectivity index (χ3n) is 8.75. The van der Waals surface area contributed by atoms with Crippen LogP contribution in [0.3, 0.4) is 0 Å². The normalized spacial score (nSPS) is 30.3. The largest absolute Gasteiger partial charge is 0.394 e. The molecule has 8 nitrogen and oxygen atoms in total. The van der Waals surface area contributed by atoms with Crippen LogP contribution >= 0.6 is 15.9 Å². The van der Waals surface area contributed by atoms with Gasteiger partial charge in [-0.15, -0.1) is 13.2 Å². The van der Waals surface area contributed by atoms with Crippen molar-refractivity contribution < 1.29 is 24.2 Å². The van der Waals surface area contributed by atoms with Gasteiger partial charge in [0.2, 0.25) is 17.7 Å². The van der Waals surface area contributed by atoms with Crippen molar-refractivity contribution in [1.82, 2.24) is 14.7 Å². The maximum Gasteiger partial charge on any atom is 0.249 e. The number of ether oxygens (including phenoxy) is 1. The Bertz CT molecular complexity index is 990. The number of hydrogen-bond acceptors (Lipinski definition) is 5. The molecule has 7 atom stereocenters. The summed E-state index contributed by atoms with van der Waals surface area (Å²) in [4.78, 5) is 48.2. The van der Waals surface area contributed by atoms with Gasteiger partial charge in [0.15, 0.2) is 0 Å². The fourth-order valence-electron chi connectivity index (χ4n) is 7.67. The lowest BCUT2D eigenvalue weighted by atomic mass is 9.70. The Morgan fingerprint density at radius 1 is 1.18 bits per heavy atom. The summed E-state index contributed by atoms with van der Waals surface area (Å²) in [6.07, 6.45) is 5.30. The van der Waals surface area contributed by atoms with E-state index in [0.29, 0.717) is 32.5 Å². The van der Waals surface area contributed by atoms with Crippen LogP contribution in [0, 0.1) is 17.3 Å². The van der Waals surface area contributed by atoms with Gasteiger partial charge in [0.1, 0.15) is 11.6 Å². The van der Waals surface area contributed by atoms with E-state index in [1.807, 2.05) is 32.6 Å². The van der Waals surface area contributed by atoms with Crippen molar-refractivity contribution in [3.05, 3.63) is 25.3 Å². The minimum Gasteiger partial charge on any atom is -0.394 e. The number of alkyl halides is 1. The molecule has 226 valence electrons. The highest BCUT2D eigenvalue weighted by molar-refractivity contribution is 9.09. The first-order valence-corrected chi connectivity index (χ1v) is 15.6. The number of amides is 3. The number of fused-ring (bicyclic) bond motifs is 1. The first-order chi connectivity index (χ1) is 18.6. The molecule has 3 fully saturated rings. The van der Waals surface area contributed by atoms with Crippen LogP contribution in [0.5, 0.6) is 0 Å². The maximum atomic E-state index is 14.8. The number of likely N-dealkylation sites (tertiary alicyclic amines) is 1. The van der Waals surface area contributed by atoms with E-state index in [2.05, 4.69) is 49.9 Å². The average Bonchev–Trinajstić information content (AvgIpc) is 3.44. The summed E-state index contributed by atoms with van der Waals surface area (Å²) >= 11 is 3.76. The highest BCUT2D eigenvalue weighted by Gasteiger charge is 2.77. The zero-order valence-electron chi connectivity index (χ0n) is 25.5. The minimum absolute atomic E-state index is 0.0546. The molecule has 0 aliphatic carbocycles. The molecular formula is C31H50BrN3O5. The van der Waals surface area contributed by atoms with E-state index in [0.717, 1.165) is 12.8 Å². The molecule has 3 unspecified atom stereocenters. The first kappa shape index (κ1) is 32.8. The summed E-state index contributed by atoms with van der Waals surface area (Å²) in [5.74, 6) is -2.15. The summed E-state index contributed by atoms with van der Waals surface area (Å²) in [5.41, 5.74) is -1.77. The van der Waals surface area contributed by atoms with Crippen LogP contribution in [0.2, 0.25) is 0 Å². The topological polar surface area (TPSA) is 90.4 Å². The van der Waals surface area contributed by atoms with Gasteiger partial charge >= 0.3 is 0 Å². The molecule has 0 aromatic carbocycles. The van der Waals surface area contributed by atoms with Gasteiger partial charge < -0.3 is 24.5 Å².